The van der Waals surface area contributed by atoms with Crippen molar-refractivity contribution in [3.05, 3.63) is 113 Å². The molecule has 0 N–H and O–H groups in total. The molecule has 0 aliphatic carbocycles. The number of hydrogen-bond acceptors (Lipinski definition) is 2. The fraction of sp³-hybridized carbons (Fsp3) is 0.211. The summed E-state index contributed by atoms with van der Waals surface area (Å²) in [6.45, 7) is 3.24. The van der Waals surface area contributed by atoms with Crippen LogP contribution in [0.15, 0.2) is 89.5 Å². The van der Waals surface area contributed by atoms with E-state index in [9.17, 15) is 5.26 Å². The smallest absolute Gasteiger partial charge is 0.216 e. The van der Waals surface area contributed by atoms with Crippen LogP contribution in [0.5, 0.6) is 0 Å². The molecule has 6 rings (SSSR count). The van der Waals surface area contributed by atoms with Crippen molar-refractivity contribution in [1.29, 1.82) is 5.26 Å². The predicted octanol–water partition coefficient (Wildman–Crippen LogP) is 9.51. The van der Waals surface area contributed by atoms with E-state index in [0.29, 0.717) is 33.6 Å². The van der Waals surface area contributed by atoms with Gasteiger partial charge in [-0.3, -0.25) is 0 Å². The number of hydrogen-bond donors (Lipinski definition) is 0. The lowest BCUT2D eigenvalue weighted by molar-refractivity contribution is -0.660. The van der Waals surface area contributed by atoms with Crippen LogP contribution in [0.25, 0.3) is 55.4 Å². The molecule has 0 saturated carbocycles. The van der Waals surface area contributed by atoms with E-state index in [2.05, 4.69) is 51.1 Å². The zero-order chi connectivity index (χ0) is 34.1. The molecule has 2 heterocycles. The van der Waals surface area contributed by atoms with Crippen molar-refractivity contribution >= 4 is 21.9 Å². The second kappa shape index (κ2) is 9.75. The van der Waals surface area contributed by atoms with Crippen molar-refractivity contribution < 1.29 is 17.2 Å². The molecule has 0 unspecified atom stereocenters. The van der Waals surface area contributed by atoms with Crippen LogP contribution in [0, 0.1) is 32.0 Å². The average Bonchev–Trinajstić information content (AvgIpc) is 3.38. The second-order valence-corrected chi connectivity index (χ2v) is 11.7. The number of nitriles is 1. The van der Waals surface area contributed by atoms with Crippen LogP contribution in [-0.4, -0.2) is 0 Å². The molecule has 0 fully saturated rings. The van der Waals surface area contributed by atoms with Crippen LogP contribution in [0.2, 0.25) is 0 Å². The van der Waals surface area contributed by atoms with E-state index in [1.165, 1.54) is 17.8 Å². The van der Waals surface area contributed by atoms with Crippen molar-refractivity contribution in [2.24, 2.45) is 7.05 Å². The Morgan fingerprint density at radius 3 is 1.93 bits per heavy atom. The first-order chi connectivity index (χ1) is 22.0. The Bertz CT molecular complexity index is 2210. The zero-order valence-corrected chi connectivity index (χ0v) is 23.9. The third-order valence-corrected chi connectivity index (χ3v) is 7.93. The molecule has 202 valence electrons. The summed E-state index contributed by atoms with van der Waals surface area (Å²) in [4.78, 5) is 0. The summed E-state index contributed by atoms with van der Waals surface area (Å²) in [5.74, 6) is 0. The summed E-state index contributed by atoms with van der Waals surface area (Å²) in [6.07, 6.45) is 1.38. The van der Waals surface area contributed by atoms with Crippen molar-refractivity contribution in [3.63, 3.8) is 0 Å². The Morgan fingerprint density at radius 1 is 0.732 bits per heavy atom. The maximum Gasteiger partial charge on any atom is 0.216 e. The Labute approximate surface area is 250 Å². The number of pyridine rings is 1. The van der Waals surface area contributed by atoms with E-state index in [0.717, 1.165) is 33.0 Å². The number of rotatable bonds is 3. The maximum absolute atomic E-state index is 10.2. The van der Waals surface area contributed by atoms with E-state index in [1.807, 2.05) is 49.4 Å². The van der Waals surface area contributed by atoms with Gasteiger partial charge >= 0.3 is 0 Å². The van der Waals surface area contributed by atoms with Gasteiger partial charge in [0.05, 0.1) is 17.2 Å². The summed E-state index contributed by atoms with van der Waals surface area (Å²) < 4.78 is 56.6. The number of nitrogens with zero attached hydrogens (tertiary/aromatic N) is 2. The largest absolute Gasteiger partial charge is 0.454 e. The monoisotopic (exact) mass is 541 g/mol. The summed E-state index contributed by atoms with van der Waals surface area (Å²) in [5, 5.41) is 11.8. The number of aromatic nitrogens is 1. The van der Waals surface area contributed by atoms with Gasteiger partial charge in [0.25, 0.3) is 0 Å². The first-order valence-corrected chi connectivity index (χ1v) is 13.6. The van der Waals surface area contributed by atoms with E-state index in [-0.39, 0.29) is 16.5 Å². The first kappa shape index (κ1) is 20.2. The molecule has 0 radical (unpaired) electrons. The standard InChI is InChI=1S/C38H35N2O/c1-23-8-18-31-32-19-15-29(21-39)35(37(32)41-36(31)34(23)33-20-24(2)25(3)22-40(33)7)28-11-9-26(10-12-28)27-13-16-30(17-14-27)38(4,5)6/h8-20,22H,1-7H3/q+1/i2D3,3D3. The van der Waals surface area contributed by atoms with Gasteiger partial charge in [-0.2, -0.15) is 5.26 Å². The van der Waals surface area contributed by atoms with Crippen molar-refractivity contribution in [3.8, 4) is 39.6 Å². The average molecular weight is 542 g/mol. The third-order valence-electron chi connectivity index (χ3n) is 7.93. The number of aryl methyl sites for hydroxylation is 4. The normalized spacial score (nSPS) is 14.5. The topological polar surface area (TPSA) is 40.8 Å². The van der Waals surface area contributed by atoms with Crippen molar-refractivity contribution in [2.45, 2.75) is 46.8 Å². The van der Waals surface area contributed by atoms with Crippen LogP contribution in [0.3, 0.4) is 0 Å². The quantitative estimate of drug-likeness (QED) is 0.209. The molecule has 0 saturated heterocycles. The summed E-state index contributed by atoms with van der Waals surface area (Å²) in [7, 11) is 1.70. The van der Waals surface area contributed by atoms with Gasteiger partial charge in [-0.15, -0.1) is 0 Å². The van der Waals surface area contributed by atoms with Crippen LogP contribution < -0.4 is 4.57 Å². The summed E-state index contributed by atoms with van der Waals surface area (Å²) in [5.41, 5.74) is 8.08. The third kappa shape index (κ3) is 4.50. The molecule has 0 amide bonds. The predicted molar refractivity (Wildman–Crippen MR) is 169 cm³/mol. The van der Waals surface area contributed by atoms with Crippen molar-refractivity contribution in [1.82, 2.24) is 0 Å². The summed E-state index contributed by atoms with van der Waals surface area (Å²) in [6, 6.07) is 28.0. The Kier molecular flexibility index (Phi) is 4.81. The molecular formula is C38H35N2O+. The van der Waals surface area contributed by atoms with Gasteiger partial charge in [0, 0.05) is 36.2 Å². The van der Waals surface area contributed by atoms with Crippen LogP contribution in [-0.2, 0) is 12.5 Å². The highest BCUT2D eigenvalue weighted by Gasteiger charge is 2.24. The van der Waals surface area contributed by atoms with Gasteiger partial charge in [-0.25, -0.2) is 4.57 Å². The Balaban J connectivity index is 1.54. The lowest BCUT2D eigenvalue weighted by Gasteiger charge is -2.19. The molecule has 4 aromatic carbocycles. The molecule has 41 heavy (non-hydrogen) atoms. The van der Waals surface area contributed by atoms with Gasteiger partial charge in [0.1, 0.15) is 18.2 Å². The molecule has 0 atom stereocenters. The number of fused-ring (bicyclic) bond motifs is 3. The SMILES string of the molecule is [2H]C([2H])([2H])c1cc(-c2c(C)ccc3c2oc2c(-c4ccc(-c5ccc(C(C)(C)C)cc5)cc4)c(C#N)ccc23)[n+](C)cc1C([2H])([2H])[2H]. The molecular weight excluding hydrogens is 500 g/mol. The zero-order valence-electron chi connectivity index (χ0n) is 29.9. The van der Waals surface area contributed by atoms with E-state index < -0.39 is 13.7 Å². The van der Waals surface area contributed by atoms with Gasteiger partial charge in [0.15, 0.2) is 6.20 Å². The lowest BCUT2D eigenvalue weighted by atomic mass is 9.86. The Hall–Kier alpha value is -4.68. The van der Waals surface area contributed by atoms with E-state index in [1.54, 1.807) is 17.7 Å². The minimum atomic E-state index is -2.64. The van der Waals surface area contributed by atoms with Gasteiger partial charge < -0.3 is 4.42 Å². The maximum atomic E-state index is 10.2. The Morgan fingerprint density at radius 2 is 1.32 bits per heavy atom. The summed E-state index contributed by atoms with van der Waals surface area (Å²) >= 11 is 0. The second-order valence-electron chi connectivity index (χ2n) is 11.7. The molecule has 3 heteroatoms. The molecule has 3 nitrogen and oxygen atoms in total. The minimum Gasteiger partial charge on any atom is -0.454 e. The molecule has 2 aromatic heterocycles. The van der Waals surface area contributed by atoms with Gasteiger partial charge in [-0.05, 0) is 71.6 Å². The highest BCUT2D eigenvalue weighted by atomic mass is 16.3. The van der Waals surface area contributed by atoms with E-state index >= 15 is 0 Å². The lowest BCUT2D eigenvalue weighted by Crippen LogP contribution is -2.31. The molecule has 0 spiro atoms. The fourth-order valence-electron chi connectivity index (χ4n) is 5.59. The van der Waals surface area contributed by atoms with Crippen LogP contribution in [0.4, 0.5) is 0 Å². The van der Waals surface area contributed by atoms with Crippen molar-refractivity contribution in [2.75, 3.05) is 0 Å². The molecule has 6 aromatic rings. The molecule has 0 aliphatic rings. The van der Waals surface area contributed by atoms with E-state index in [4.69, 9.17) is 12.6 Å². The van der Waals surface area contributed by atoms with Gasteiger partial charge in [0.2, 0.25) is 5.69 Å². The first-order valence-electron chi connectivity index (χ1n) is 16.6. The number of benzene rings is 4. The highest BCUT2D eigenvalue weighted by Crippen LogP contribution is 2.42. The highest BCUT2D eigenvalue weighted by molar-refractivity contribution is 6.14. The number of furan rings is 1. The molecule has 0 aliphatic heterocycles. The van der Waals surface area contributed by atoms with Gasteiger partial charge in [-0.1, -0.05) is 81.4 Å². The molecule has 0 bridgehead atoms. The van der Waals surface area contributed by atoms with Crippen LogP contribution >= 0.6 is 0 Å². The fourth-order valence-corrected chi connectivity index (χ4v) is 5.59. The minimum absolute atomic E-state index is 0.0656. The van der Waals surface area contributed by atoms with Crippen LogP contribution in [0.1, 0.15) is 56.8 Å².